The number of sulfone groups is 1. The number of imidazole rings is 1. The van der Waals surface area contributed by atoms with Crippen LogP contribution in [0, 0.1) is 0 Å². The van der Waals surface area contributed by atoms with Crippen molar-refractivity contribution in [3.8, 4) is 0 Å². The van der Waals surface area contributed by atoms with Gasteiger partial charge in [0, 0.05) is 12.7 Å². The van der Waals surface area contributed by atoms with E-state index in [0.717, 1.165) is 5.69 Å². The Hall–Kier alpha value is -2.67. The molecule has 0 aliphatic rings. The molecular weight excluding hydrogens is 338 g/mol. The molecule has 0 unspecified atom stereocenters. The van der Waals surface area contributed by atoms with Crippen LogP contribution in [0.4, 0.5) is 5.69 Å². The fourth-order valence-corrected chi connectivity index (χ4v) is 3.60. The molecule has 25 heavy (non-hydrogen) atoms. The van der Waals surface area contributed by atoms with E-state index in [-0.39, 0.29) is 23.4 Å². The molecule has 1 amide bonds. The topological polar surface area (TPSA) is 72.3 Å². The largest absolute Gasteiger partial charge is 0.314 e. The summed E-state index contributed by atoms with van der Waals surface area (Å²) in [6.45, 7) is 1.47. The van der Waals surface area contributed by atoms with Crippen molar-refractivity contribution in [2.24, 2.45) is 0 Å². The first kappa shape index (κ1) is 17.2. The summed E-state index contributed by atoms with van der Waals surface area (Å²) >= 11 is 0. The van der Waals surface area contributed by atoms with Crippen molar-refractivity contribution in [2.75, 3.05) is 17.7 Å². The maximum Gasteiger partial charge on any atom is 0.246 e. The van der Waals surface area contributed by atoms with E-state index in [1.54, 1.807) is 38.2 Å². The smallest absolute Gasteiger partial charge is 0.246 e. The van der Waals surface area contributed by atoms with E-state index in [1.165, 1.54) is 9.47 Å². The molecule has 0 atom stereocenters. The molecule has 1 aromatic heterocycles. The molecular formula is C18H19N3O3S. The summed E-state index contributed by atoms with van der Waals surface area (Å²) in [5.41, 5.74) is 1.94. The van der Waals surface area contributed by atoms with Crippen LogP contribution in [0.3, 0.4) is 0 Å². The molecule has 7 heteroatoms. The molecule has 0 N–H and O–H groups in total. The zero-order valence-electron chi connectivity index (χ0n) is 14.1. The SMILES string of the molecule is CCS(=O)(=O)c1nc2ccccc2n1CC(=O)N(C)c1ccccc1. The number of carbonyl (C=O) groups is 1. The molecule has 0 aliphatic heterocycles. The fraction of sp³-hybridized carbons (Fsp3) is 0.222. The van der Waals surface area contributed by atoms with Crippen molar-refractivity contribution in [3.05, 3.63) is 54.6 Å². The van der Waals surface area contributed by atoms with Crippen molar-refractivity contribution >= 4 is 32.5 Å². The van der Waals surface area contributed by atoms with Crippen molar-refractivity contribution < 1.29 is 13.2 Å². The zero-order chi connectivity index (χ0) is 18.0. The number of anilines is 1. The van der Waals surface area contributed by atoms with Crippen molar-refractivity contribution in [2.45, 2.75) is 18.6 Å². The normalized spacial score (nSPS) is 11.6. The van der Waals surface area contributed by atoms with Gasteiger partial charge in [0.25, 0.3) is 0 Å². The average Bonchev–Trinajstić information content (AvgIpc) is 3.01. The Morgan fingerprint density at radius 3 is 2.40 bits per heavy atom. The highest BCUT2D eigenvalue weighted by atomic mass is 32.2. The van der Waals surface area contributed by atoms with E-state index in [4.69, 9.17) is 0 Å². The van der Waals surface area contributed by atoms with E-state index in [9.17, 15) is 13.2 Å². The van der Waals surface area contributed by atoms with Crippen LogP contribution in [0.25, 0.3) is 11.0 Å². The summed E-state index contributed by atoms with van der Waals surface area (Å²) < 4.78 is 26.3. The second-order valence-corrected chi connectivity index (χ2v) is 7.83. The Kier molecular flexibility index (Phi) is 4.59. The summed E-state index contributed by atoms with van der Waals surface area (Å²) in [5, 5.41) is -0.0639. The molecule has 0 spiro atoms. The summed E-state index contributed by atoms with van der Waals surface area (Å²) in [5.74, 6) is -0.291. The highest BCUT2D eigenvalue weighted by Gasteiger charge is 2.24. The monoisotopic (exact) mass is 357 g/mol. The molecule has 2 aromatic carbocycles. The van der Waals surface area contributed by atoms with Crippen LogP contribution in [0.2, 0.25) is 0 Å². The van der Waals surface area contributed by atoms with Crippen LogP contribution in [-0.2, 0) is 21.2 Å². The van der Waals surface area contributed by atoms with Crippen LogP contribution in [0.1, 0.15) is 6.92 Å². The molecule has 0 bridgehead atoms. The van der Waals surface area contributed by atoms with E-state index in [0.29, 0.717) is 11.0 Å². The van der Waals surface area contributed by atoms with Gasteiger partial charge in [-0.05, 0) is 24.3 Å². The van der Waals surface area contributed by atoms with E-state index >= 15 is 0 Å². The van der Waals surface area contributed by atoms with Gasteiger partial charge in [-0.25, -0.2) is 13.4 Å². The molecule has 130 valence electrons. The Labute approximate surface area is 146 Å². The third-order valence-corrected chi connectivity index (χ3v) is 5.72. The van der Waals surface area contributed by atoms with Gasteiger partial charge in [-0.15, -0.1) is 0 Å². The maximum absolute atomic E-state index is 12.7. The highest BCUT2D eigenvalue weighted by molar-refractivity contribution is 7.91. The fourth-order valence-electron chi connectivity index (χ4n) is 2.61. The standard InChI is InChI=1S/C18H19N3O3S/c1-3-25(23,24)18-19-15-11-7-8-12-16(15)21(18)13-17(22)20(2)14-9-5-4-6-10-14/h4-12H,3,13H2,1-2H3. The number of carbonyl (C=O) groups excluding carboxylic acids is 1. The lowest BCUT2D eigenvalue weighted by Gasteiger charge is -2.18. The van der Waals surface area contributed by atoms with Gasteiger partial charge in [0.05, 0.1) is 16.8 Å². The molecule has 1 heterocycles. The van der Waals surface area contributed by atoms with Gasteiger partial charge in [-0.3, -0.25) is 4.79 Å². The Morgan fingerprint density at radius 1 is 1.08 bits per heavy atom. The summed E-state index contributed by atoms with van der Waals surface area (Å²) in [4.78, 5) is 18.5. The quantitative estimate of drug-likeness (QED) is 0.703. The van der Waals surface area contributed by atoms with Crippen LogP contribution in [0.15, 0.2) is 59.8 Å². The Balaban J connectivity index is 2.03. The number of hydrogen-bond acceptors (Lipinski definition) is 4. The van der Waals surface area contributed by atoms with Gasteiger partial charge >= 0.3 is 0 Å². The molecule has 0 aliphatic carbocycles. The Bertz CT molecular complexity index is 1010. The van der Waals surface area contributed by atoms with Crippen LogP contribution in [0.5, 0.6) is 0 Å². The number of hydrogen-bond donors (Lipinski definition) is 0. The van der Waals surface area contributed by atoms with Crippen molar-refractivity contribution in [1.82, 2.24) is 9.55 Å². The Morgan fingerprint density at radius 2 is 1.72 bits per heavy atom. The molecule has 6 nitrogen and oxygen atoms in total. The minimum Gasteiger partial charge on any atom is -0.314 e. The number of nitrogens with zero attached hydrogens (tertiary/aromatic N) is 3. The predicted octanol–water partition coefficient (Wildman–Crippen LogP) is 2.49. The minimum atomic E-state index is -3.55. The number of benzene rings is 2. The van der Waals surface area contributed by atoms with E-state index < -0.39 is 9.84 Å². The molecule has 0 fully saturated rings. The second-order valence-electron chi connectivity index (χ2n) is 5.66. The average molecular weight is 357 g/mol. The first-order valence-electron chi connectivity index (χ1n) is 7.93. The molecule has 0 saturated heterocycles. The van der Waals surface area contributed by atoms with Crippen LogP contribution >= 0.6 is 0 Å². The predicted molar refractivity (Wildman–Crippen MR) is 97.3 cm³/mol. The van der Waals surface area contributed by atoms with Crippen molar-refractivity contribution in [1.29, 1.82) is 0 Å². The summed E-state index contributed by atoms with van der Waals surface area (Å²) in [7, 11) is -1.87. The lowest BCUT2D eigenvalue weighted by atomic mass is 10.3. The minimum absolute atomic E-state index is 0.0639. The van der Waals surface area contributed by atoms with Gasteiger partial charge in [-0.2, -0.15) is 0 Å². The van der Waals surface area contributed by atoms with Gasteiger partial charge < -0.3 is 9.47 Å². The molecule has 3 rings (SSSR count). The van der Waals surface area contributed by atoms with E-state index in [1.807, 2.05) is 30.3 Å². The maximum atomic E-state index is 12.7. The number of aromatic nitrogens is 2. The van der Waals surface area contributed by atoms with Gasteiger partial charge in [0.1, 0.15) is 6.54 Å². The van der Waals surface area contributed by atoms with Crippen LogP contribution < -0.4 is 4.90 Å². The first-order chi connectivity index (χ1) is 11.9. The number of fused-ring (bicyclic) bond motifs is 1. The molecule has 3 aromatic rings. The van der Waals surface area contributed by atoms with Crippen LogP contribution in [-0.4, -0.2) is 36.7 Å². The lowest BCUT2D eigenvalue weighted by molar-refractivity contribution is -0.118. The van der Waals surface area contributed by atoms with Gasteiger partial charge in [0.2, 0.25) is 20.9 Å². The number of para-hydroxylation sites is 3. The van der Waals surface area contributed by atoms with Gasteiger partial charge in [0.15, 0.2) is 0 Å². The summed E-state index contributed by atoms with van der Waals surface area (Å²) in [6, 6.07) is 16.3. The number of likely N-dealkylation sites (N-methyl/N-ethyl adjacent to an activating group) is 1. The van der Waals surface area contributed by atoms with Gasteiger partial charge in [-0.1, -0.05) is 37.3 Å². The molecule has 0 saturated carbocycles. The number of amides is 1. The number of rotatable bonds is 5. The summed E-state index contributed by atoms with van der Waals surface area (Å²) in [6.07, 6.45) is 0. The highest BCUT2D eigenvalue weighted by Crippen LogP contribution is 2.21. The van der Waals surface area contributed by atoms with E-state index in [2.05, 4.69) is 4.98 Å². The third kappa shape index (κ3) is 3.28. The van der Waals surface area contributed by atoms with Crippen molar-refractivity contribution in [3.63, 3.8) is 0 Å². The zero-order valence-corrected chi connectivity index (χ0v) is 14.9. The third-order valence-electron chi connectivity index (χ3n) is 4.09. The molecule has 0 radical (unpaired) electrons. The second kappa shape index (κ2) is 6.68. The first-order valence-corrected chi connectivity index (χ1v) is 9.59. The lowest BCUT2D eigenvalue weighted by Crippen LogP contribution is -2.31.